The fourth-order valence-electron chi connectivity index (χ4n) is 3.31. The lowest BCUT2D eigenvalue weighted by atomic mass is 10.0. The molecule has 2 fully saturated rings. The molecular weight excluding hydrogens is 318 g/mol. The molecule has 0 aromatic carbocycles. The molecule has 0 bridgehead atoms. The first-order valence-corrected chi connectivity index (χ1v) is 9.17. The van der Waals surface area contributed by atoms with Gasteiger partial charge in [0.15, 0.2) is 0 Å². The van der Waals surface area contributed by atoms with Crippen LogP contribution in [0.5, 0.6) is 0 Å². The molecule has 124 valence electrons. The fraction of sp³-hybridized carbons (Fsp3) is 0.571. The molecule has 0 N–H and O–H groups in total. The van der Waals surface area contributed by atoms with E-state index in [4.69, 9.17) is 4.74 Å². The van der Waals surface area contributed by atoms with E-state index in [2.05, 4.69) is 9.97 Å². The van der Waals surface area contributed by atoms with Gasteiger partial charge in [0.25, 0.3) is 10.2 Å². The Bertz CT molecular complexity index is 800. The van der Waals surface area contributed by atoms with Crippen molar-refractivity contribution in [2.24, 2.45) is 0 Å². The first-order chi connectivity index (χ1) is 11.2. The molecule has 2 aromatic heterocycles. The number of nitrogens with zero attached hydrogens (tertiary/aromatic N) is 5. The average Bonchev–Trinajstić information content (AvgIpc) is 3.25. The van der Waals surface area contributed by atoms with Gasteiger partial charge in [-0.15, -0.1) is 0 Å². The molecule has 2 aliphatic heterocycles. The maximum absolute atomic E-state index is 12.7. The average molecular weight is 337 g/mol. The Morgan fingerprint density at radius 1 is 1.09 bits per heavy atom. The summed E-state index contributed by atoms with van der Waals surface area (Å²) in [6, 6.07) is 1.95. The molecule has 0 unspecified atom stereocenters. The maximum atomic E-state index is 12.7. The number of hydrogen-bond acceptors (Lipinski definition) is 5. The molecule has 0 amide bonds. The summed E-state index contributed by atoms with van der Waals surface area (Å²) in [5.74, 6) is 0.808. The summed E-state index contributed by atoms with van der Waals surface area (Å²) in [4.78, 5) is 8.40. The molecule has 2 saturated heterocycles. The molecule has 9 heteroatoms. The summed E-state index contributed by atoms with van der Waals surface area (Å²) in [5, 5.41) is 0. The van der Waals surface area contributed by atoms with Gasteiger partial charge in [-0.2, -0.15) is 17.0 Å². The number of morpholine rings is 1. The van der Waals surface area contributed by atoms with Crippen molar-refractivity contribution in [2.75, 3.05) is 39.4 Å². The molecule has 8 nitrogen and oxygen atoms in total. The predicted molar refractivity (Wildman–Crippen MR) is 83.2 cm³/mol. The molecule has 4 heterocycles. The van der Waals surface area contributed by atoms with Gasteiger partial charge in [0, 0.05) is 56.4 Å². The van der Waals surface area contributed by atoms with Crippen molar-refractivity contribution in [3.05, 3.63) is 30.4 Å². The second-order valence-electron chi connectivity index (χ2n) is 5.83. The van der Waals surface area contributed by atoms with Crippen LogP contribution in [-0.4, -0.2) is 70.8 Å². The zero-order chi connectivity index (χ0) is 15.9. The van der Waals surface area contributed by atoms with E-state index < -0.39 is 10.2 Å². The van der Waals surface area contributed by atoms with E-state index in [9.17, 15) is 8.42 Å². The van der Waals surface area contributed by atoms with Crippen LogP contribution < -0.4 is 0 Å². The van der Waals surface area contributed by atoms with Gasteiger partial charge < -0.3 is 4.74 Å². The second kappa shape index (κ2) is 5.82. The van der Waals surface area contributed by atoms with E-state index in [1.165, 1.54) is 4.31 Å². The van der Waals surface area contributed by atoms with Gasteiger partial charge in [0.2, 0.25) is 5.78 Å². The number of fused-ring (bicyclic) bond motifs is 1. The zero-order valence-corrected chi connectivity index (χ0v) is 13.5. The van der Waals surface area contributed by atoms with Crippen LogP contribution in [0.1, 0.15) is 18.0 Å². The smallest absolute Gasteiger partial charge is 0.282 e. The van der Waals surface area contributed by atoms with Crippen LogP contribution in [-0.2, 0) is 14.9 Å². The first-order valence-electron chi connectivity index (χ1n) is 7.77. The minimum Gasteiger partial charge on any atom is -0.379 e. The third-order valence-electron chi connectivity index (χ3n) is 4.53. The van der Waals surface area contributed by atoms with E-state index in [1.54, 1.807) is 16.7 Å². The molecule has 1 atom stereocenters. The van der Waals surface area contributed by atoms with Crippen LogP contribution in [0.15, 0.2) is 24.7 Å². The lowest BCUT2D eigenvalue weighted by molar-refractivity contribution is 0.0705. The fourth-order valence-corrected chi connectivity index (χ4v) is 4.95. The summed E-state index contributed by atoms with van der Waals surface area (Å²) in [5.41, 5.74) is 1.06. The maximum Gasteiger partial charge on any atom is 0.282 e. The molecule has 4 rings (SSSR count). The minimum atomic E-state index is -3.40. The Labute approximate surface area is 134 Å². The predicted octanol–water partition coefficient (Wildman–Crippen LogP) is 0.0956. The SMILES string of the molecule is O=S(=O)(N1CCOCC1)N1CC[C@@H](c2ccnc3nccn23)C1. The van der Waals surface area contributed by atoms with E-state index in [0.717, 1.165) is 12.1 Å². The van der Waals surface area contributed by atoms with Crippen LogP contribution in [0.25, 0.3) is 5.78 Å². The monoisotopic (exact) mass is 337 g/mol. The highest BCUT2D eigenvalue weighted by Crippen LogP contribution is 2.30. The Morgan fingerprint density at radius 2 is 1.87 bits per heavy atom. The number of aromatic nitrogens is 3. The summed E-state index contributed by atoms with van der Waals surface area (Å²) in [7, 11) is -3.40. The lowest BCUT2D eigenvalue weighted by Crippen LogP contribution is -2.47. The number of hydrogen-bond donors (Lipinski definition) is 0. The normalized spacial score (nSPS) is 24.4. The van der Waals surface area contributed by atoms with Crippen LogP contribution in [0.3, 0.4) is 0 Å². The summed E-state index contributed by atoms with van der Waals surface area (Å²) in [6.07, 6.45) is 6.12. The largest absolute Gasteiger partial charge is 0.379 e. The van der Waals surface area contributed by atoms with Gasteiger partial charge in [0.05, 0.1) is 13.2 Å². The van der Waals surface area contributed by atoms with Gasteiger partial charge in [0.1, 0.15) is 0 Å². The molecule has 2 aromatic rings. The number of ether oxygens (including phenoxy) is 1. The van der Waals surface area contributed by atoms with Crippen molar-refractivity contribution in [1.82, 2.24) is 23.0 Å². The lowest BCUT2D eigenvalue weighted by Gasteiger charge is -2.30. The van der Waals surface area contributed by atoms with E-state index >= 15 is 0 Å². The van der Waals surface area contributed by atoms with Gasteiger partial charge in [-0.3, -0.25) is 4.40 Å². The van der Waals surface area contributed by atoms with E-state index in [1.807, 2.05) is 16.7 Å². The minimum absolute atomic E-state index is 0.158. The van der Waals surface area contributed by atoms with Crippen molar-refractivity contribution in [3.8, 4) is 0 Å². The van der Waals surface area contributed by atoms with Gasteiger partial charge in [-0.05, 0) is 12.5 Å². The van der Waals surface area contributed by atoms with E-state index in [-0.39, 0.29) is 5.92 Å². The molecule has 0 spiro atoms. The quantitative estimate of drug-likeness (QED) is 0.793. The Morgan fingerprint density at radius 3 is 2.70 bits per heavy atom. The summed E-state index contributed by atoms with van der Waals surface area (Å²) in [6.45, 7) is 2.85. The van der Waals surface area contributed by atoms with Crippen molar-refractivity contribution in [2.45, 2.75) is 12.3 Å². The van der Waals surface area contributed by atoms with Gasteiger partial charge in [-0.1, -0.05) is 0 Å². The number of rotatable bonds is 3. The molecular formula is C14H19N5O3S. The third kappa shape index (κ3) is 2.63. The first kappa shape index (κ1) is 15.0. The Balaban J connectivity index is 1.56. The molecule has 2 aliphatic rings. The van der Waals surface area contributed by atoms with Gasteiger partial charge in [-0.25, -0.2) is 9.97 Å². The molecule has 23 heavy (non-hydrogen) atoms. The van der Waals surface area contributed by atoms with Crippen molar-refractivity contribution in [3.63, 3.8) is 0 Å². The second-order valence-corrected chi connectivity index (χ2v) is 7.76. The highest BCUT2D eigenvalue weighted by atomic mass is 32.2. The third-order valence-corrected chi connectivity index (χ3v) is 6.53. The van der Waals surface area contributed by atoms with Crippen LogP contribution in [0.2, 0.25) is 0 Å². The van der Waals surface area contributed by atoms with Crippen LogP contribution >= 0.6 is 0 Å². The Hall–Kier alpha value is -1.55. The zero-order valence-electron chi connectivity index (χ0n) is 12.7. The van der Waals surface area contributed by atoms with Crippen LogP contribution in [0.4, 0.5) is 0 Å². The van der Waals surface area contributed by atoms with Crippen molar-refractivity contribution in [1.29, 1.82) is 0 Å². The molecule has 0 aliphatic carbocycles. The van der Waals surface area contributed by atoms with Crippen LogP contribution in [0, 0.1) is 0 Å². The highest BCUT2D eigenvalue weighted by molar-refractivity contribution is 7.86. The summed E-state index contributed by atoms with van der Waals surface area (Å²) >= 11 is 0. The van der Waals surface area contributed by atoms with E-state index in [0.29, 0.717) is 45.2 Å². The molecule has 0 radical (unpaired) electrons. The highest BCUT2D eigenvalue weighted by Gasteiger charge is 2.37. The standard InChI is InChI=1S/C14H19N5O3S/c20-23(21,17-7-9-22-10-8-17)18-5-2-12(11-18)13-1-3-15-14-16-4-6-19(13)14/h1,3-4,6,12H,2,5,7-11H2/t12-/m1/s1. The van der Waals surface area contributed by atoms with Gasteiger partial charge >= 0.3 is 0 Å². The number of imidazole rings is 1. The van der Waals surface area contributed by atoms with Crippen molar-refractivity contribution < 1.29 is 13.2 Å². The summed E-state index contributed by atoms with van der Waals surface area (Å²) < 4.78 is 35.8. The topological polar surface area (TPSA) is 80.0 Å². The van der Waals surface area contributed by atoms with Crippen molar-refractivity contribution >= 4 is 16.0 Å². The Kier molecular flexibility index (Phi) is 3.80. The molecule has 0 saturated carbocycles.